The molecule has 0 spiro atoms. The number of aromatic amines is 1. The Morgan fingerprint density at radius 3 is 2.59 bits per heavy atom. The van der Waals surface area contributed by atoms with Crippen LogP contribution >= 0.6 is 27.3 Å². The Morgan fingerprint density at radius 1 is 1.26 bits per heavy atom. The highest BCUT2D eigenvalue weighted by atomic mass is 79.9. The van der Waals surface area contributed by atoms with E-state index < -0.39 is 22.8 Å². The summed E-state index contributed by atoms with van der Waals surface area (Å²) in [7, 11) is 0. The molecule has 1 N–H and O–H groups in total. The molecule has 2 aromatic heterocycles. The molecule has 0 aliphatic heterocycles. The molecule has 0 atom stereocenters. The average molecular weight is 453 g/mol. The molecular formula is C18H17BrN2O5S. The smallest absolute Gasteiger partial charge is 0.363 e. The summed E-state index contributed by atoms with van der Waals surface area (Å²) in [6.07, 6.45) is 0. The van der Waals surface area contributed by atoms with Crippen molar-refractivity contribution >= 4 is 43.5 Å². The standard InChI is InChI=1S/C18H17BrN2O5S/c1-10-12-14(27-13(10)19)20-17(24)21(15(12)22)26-18(2,3)16(23)25-9-11-7-5-4-6-8-11/h4-8H,9H2,1-3H3,(H,20,24). The fourth-order valence-corrected chi connectivity index (χ4v) is 4.02. The number of benzene rings is 1. The molecule has 1 aromatic carbocycles. The zero-order valence-corrected chi connectivity index (χ0v) is 17.3. The van der Waals surface area contributed by atoms with E-state index in [1.807, 2.05) is 30.3 Å². The highest BCUT2D eigenvalue weighted by molar-refractivity contribution is 9.11. The summed E-state index contributed by atoms with van der Waals surface area (Å²) in [5.74, 6) is -0.694. The van der Waals surface area contributed by atoms with Crippen molar-refractivity contribution in [2.75, 3.05) is 0 Å². The minimum atomic E-state index is -1.54. The fraction of sp³-hybridized carbons (Fsp3) is 0.278. The zero-order chi connectivity index (χ0) is 19.8. The second-order valence-corrected chi connectivity index (χ2v) is 8.74. The number of fused-ring (bicyclic) bond motifs is 1. The molecule has 0 saturated heterocycles. The third kappa shape index (κ3) is 3.84. The lowest BCUT2D eigenvalue weighted by atomic mass is 10.1. The van der Waals surface area contributed by atoms with Gasteiger partial charge in [-0.1, -0.05) is 35.1 Å². The van der Waals surface area contributed by atoms with Gasteiger partial charge in [-0.25, -0.2) is 9.59 Å². The molecule has 0 radical (unpaired) electrons. The number of carbonyl (C=O) groups is 1. The fourth-order valence-electron chi connectivity index (χ4n) is 2.42. The summed E-state index contributed by atoms with van der Waals surface area (Å²) in [4.78, 5) is 45.9. The van der Waals surface area contributed by atoms with Gasteiger partial charge in [0.15, 0.2) is 0 Å². The van der Waals surface area contributed by atoms with Gasteiger partial charge < -0.3 is 9.57 Å². The van der Waals surface area contributed by atoms with Crippen LogP contribution in [-0.2, 0) is 16.1 Å². The Balaban J connectivity index is 1.86. The van der Waals surface area contributed by atoms with Crippen molar-refractivity contribution in [3.05, 3.63) is 66.1 Å². The Labute approximate surface area is 166 Å². The molecular weight excluding hydrogens is 436 g/mol. The van der Waals surface area contributed by atoms with Gasteiger partial charge in [0.1, 0.15) is 11.4 Å². The van der Waals surface area contributed by atoms with Crippen molar-refractivity contribution in [1.29, 1.82) is 0 Å². The number of hydrogen-bond acceptors (Lipinski definition) is 6. The molecule has 0 aliphatic carbocycles. The number of nitrogens with zero attached hydrogens (tertiary/aromatic N) is 1. The summed E-state index contributed by atoms with van der Waals surface area (Å²) in [5.41, 5.74) is -1.42. The van der Waals surface area contributed by atoms with Crippen LogP contribution < -0.4 is 16.1 Å². The van der Waals surface area contributed by atoms with Crippen molar-refractivity contribution in [3.63, 3.8) is 0 Å². The maximum Gasteiger partial charge on any atom is 0.363 e. The average Bonchev–Trinajstić information content (AvgIpc) is 2.91. The van der Waals surface area contributed by atoms with Crippen molar-refractivity contribution in [3.8, 4) is 0 Å². The minimum absolute atomic E-state index is 0.0628. The third-order valence-corrected chi connectivity index (χ3v) is 5.99. The summed E-state index contributed by atoms with van der Waals surface area (Å²) in [5, 5.41) is 0.333. The van der Waals surface area contributed by atoms with Gasteiger partial charge in [0.25, 0.3) is 5.56 Å². The van der Waals surface area contributed by atoms with Crippen LogP contribution in [0.3, 0.4) is 0 Å². The molecule has 0 amide bonds. The van der Waals surface area contributed by atoms with E-state index in [0.29, 0.717) is 20.5 Å². The summed E-state index contributed by atoms with van der Waals surface area (Å²) >= 11 is 4.60. The maximum absolute atomic E-state index is 12.7. The van der Waals surface area contributed by atoms with Gasteiger partial charge in [0.2, 0.25) is 5.60 Å². The predicted molar refractivity (Wildman–Crippen MR) is 106 cm³/mol. The first kappa shape index (κ1) is 19.4. The number of H-pyrrole nitrogens is 1. The molecule has 0 unspecified atom stereocenters. The molecule has 27 heavy (non-hydrogen) atoms. The Bertz CT molecular complexity index is 1110. The SMILES string of the molecule is Cc1c(Br)sc2[nH]c(=O)n(OC(C)(C)C(=O)OCc3ccccc3)c(=O)c12. The van der Waals surface area contributed by atoms with Gasteiger partial charge in [-0.3, -0.25) is 9.78 Å². The number of ether oxygens (including phenoxy) is 1. The van der Waals surface area contributed by atoms with E-state index in [-0.39, 0.29) is 6.61 Å². The highest BCUT2D eigenvalue weighted by Gasteiger charge is 2.34. The van der Waals surface area contributed by atoms with Gasteiger partial charge >= 0.3 is 11.7 Å². The Kier molecular flexibility index (Phi) is 5.25. The molecule has 0 fully saturated rings. The van der Waals surface area contributed by atoms with E-state index in [9.17, 15) is 14.4 Å². The first-order chi connectivity index (χ1) is 12.7. The summed E-state index contributed by atoms with van der Waals surface area (Å²) in [6, 6.07) is 9.17. The molecule has 3 aromatic rings. The summed E-state index contributed by atoms with van der Waals surface area (Å²) < 4.78 is 6.57. The van der Waals surface area contributed by atoms with Crippen LogP contribution in [0.2, 0.25) is 0 Å². The van der Waals surface area contributed by atoms with Crippen LogP contribution in [0.4, 0.5) is 0 Å². The van der Waals surface area contributed by atoms with E-state index in [0.717, 1.165) is 9.35 Å². The molecule has 0 aliphatic rings. The number of nitrogens with one attached hydrogen (secondary N) is 1. The molecule has 2 heterocycles. The van der Waals surface area contributed by atoms with Gasteiger partial charge in [0.05, 0.1) is 9.17 Å². The number of aromatic nitrogens is 2. The van der Waals surface area contributed by atoms with Crippen LogP contribution in [-0.4, -0.2) is 21.3 Å². The number of thiophene rings is 1. The van der Waals surface area contributed by atoms with E-state index >= 15 is 0 Å². The number of halogens is 1. The molecule has 0 bridgehead atoms. The number of carbonyl (C=O) groups excluding carboxylic acids is 1. The van der Waals surface area contributed by atoms with E-state index in [1.165, 1.54) is 25.2 Å². The van der Waals surface area contributed by atoms with Crippen LogP contribution in [0, 0.1) is 6.92 Å². The lowest BCUT2D eigenvalue weighted by Gasteiger charge is -2.23. The van der Waals surface area contributed by atoms with Crippen molar-refractivity contribution < 1.29 is 14.4 Å². The molecule has 9 heteroatoms. The Morgan fingerprint density at radius 2 is 1.93 bits per heavy atom. The third-order valence-electron chi connectivity index (χ3n) is 3.92. The maximum atomic E-state index is 12.7. The normalized spacial score (nSPS) is 11.6. The van der Waals surface area contributed by atoms with Gasteiger partial charge in [-0.15, -0.1) is 11.3 Å². The van der Waals surface area contributed by atoms with Crippen molar-refractivity contribution in [1.82, 2.24) is 9.71 Å². The molecule has 0 saturated carbocycles. The molecule has 142 valence electrons. The van der Waals surface area contributed by atoms with Gasteiger partial charge in [0, 0.05) is 0 Å². The van der Waals surface area contributed by atoms with Crippen LogP contribution in [0.5, 0.6) is 0 Å². The number of esters is 1. The lowest BCUT2D eigenvalue weighted by molar-refractivity contribution is -0.171. The van der Waals surface area contributed by atoms with Crippen LogP contribution in [0.1, 0.15) is 25.0 Å². The van der Waals surface area contributed by atoms with Crippen molar-refractivity contribution in [2.24, 2.45) is 0 Å². The van der Waals surface area contributed by atoms with E-state index in [1.54, 1.807) is 6.92 Å². The molecule has 7 nitrogen and oxygen atoms in total. The van der Waals surface area contributed by atoms with Gasteiger partial charge in [-0.05, 0) is 47.8 Å². The monoisotopic (exact) mass is 452 g/mol. The number of hydrogen-bond donors (Lipinski definition) is 1. The number of aryl methyl sites for hydroxylation is 1. The quantitative estimate of drug-likeness (QED) is 0.601. The first-order valence-corrected chi connectivity index (χ1v) is 9.66. The van der Waals surface area contributed by atoms with Crippen LogP contribution in [0.25, 0.3) is 10.2 Å². The number of rotatable bonds is 5. The van der Waals surface area contributed by atoms with E-state index in [4.69, 9.17) is 9.57 Å². The predicted octanol–water partition coefficient (Wildman–Crippen LogP) is 2.77. The second kappa shape index (κ2) is 7.32. The highest BCUT2D eigenvalue weighted by Crippen LogP contribution is 2.30. The van der Waals surface area contributed by atoms with Crippen molar-refractivity contribution in [2.45, 2.75) is 33.0 Å². The molecule has 3 rings (SSSR count). The largest absolute Gasteiger partial charge is 0.458 e. The first-order valence-electron chi connectivity index (χ1n) is 8.05. The van der Waals surface area contributed by atoms with Gasteiger partial charge in [-0.2, -0.15) is 0 Å². The lowest BCUT2D eigenvalue weighted by Crippen LogP contribution is -2.51. The minimum Gasteiger partial charge on any atom is -0.458 e. The zero-order valence-electron chi connectivity index (χ0n) is 14.9. The van der Waals surface area contributed by atoms with Crippen LogP contribution in [0.15, 0.2) is 43.7 Å². The Hall–Kier alpha value is -2.39. The second-order valence-electron chi connectivity index (χ2n) is 6.40. The topological polar surface area (TPSA) is 90.4 Å². The van der Waals surface area contributed by atoms with E-state index in [2.05, 4.69) is 20.9 Å². The summed E-state index contributed by atoms with van der Waals surface area (Å²) in [6.45, 7) is 4.69.